The third kappa shape index (κ3) is 3.96. The predicted molar refractivity (Wildman–Crippen MR) is 82.4 cm³/mol. The molecule has 21 heavy (non-hydrogen) atoms. The molecule has 1 heterocycles. The molecule has 0 aromatic rings. The van der Waals surface area contributed by atoms with Gasteiger partial charge in [-0.2, -0.15) is 0 Å². The Kier molecular flexibility index (Phi) is 6.02. The van der Waals surface area contributed by atoms with E-state index in [1.807, 2.05) is 0 Å². The largest absolute Gasteiger partial charge is 0.480 e. The van der Waals surface area contributed by atoms with E-state index in [0.29, 0.717) is 5.92 Å². The van der Waals surface area contributed by atoms with Crippen molar-refractivity contribution >= 4 is 5.97 Å². The zero-order valence-electron chi connectivity index (χ0n) is 13.4. The van der Waals surface area contributed by atoms with Crippen molar-refractivity contribution in [1.82, 2.24) is 10.2 Å². The fraction of sp³-hybridized carbons (Fsp3) is 0.938. The van der Waals surface area contributed by atoms with Gasteiger partial charge < -0.3 is 20.1 Å². The van der Waals surface area contributed by atoms with Crippen LogP contribution in [0.3, 0.4) is 0 Å². The molecule has 5 nitrogen and oxygen atoms in total. The van der Waals surface area contributed by atoms with Crippen LogP contribution in [0.15, 0.2) is 0 Å². The van der Waals surface area contributed by atoms with E-state index in [0.717, 1.165) is 52.0 Å². The smallest absolute Gasteiger partial charge is 0.324 e. The zero-order chi connectivity index (χ0) is 15.3. The number of ether oxygens (including phenoxy) is 1. The zero-order valence-corrected chi connectivity index (χ0v) is 13.4. The highest BCUT2D eigenvalue weighted by molar-refractivity contribution is 5.79. The van der Waals surface area contributed by atoms with Crippen LogP contribution in [0.25, 0.3) is 0 Å². The Hall–Kier alpha value is -0.650. The molecule has 0 aromatic carbocycles. The Morgan fingerprint density at radius 3 is 2.86 bits per heavy atom. The first-order chi connectivity index (χ1) is 10.1. The maximum atomic E-state index is 11.6. The van der Waals surface area contributed by atoms with Crippen molar-refractivity contribution in [2.75, 3.05) is 40.4 Å². The molecule has 2 rings (SSSR count). The van der Waals surface area contributed by atoms with Crippen LogP contribution >= 0.6 is 0 Å². The number of nitrogens with zero attached hydrogens (tertiary/aromatic N) is 1. The first kappa shape index (κ1) is 16.7. The van der Waals surface area contributed by atoms with Crippen molar-refractivity contribution in [2.45, 2.75) is 44.1 Å². The van der Waals surface area contributed by atoms with Crippen LogP contribution in [0.2, 0.25) is 0 Å². The molecular formula is C16H30N2O3. The minimum Gasteiger partial charge on any atom is -0.480 e. The summed E-state index contributed by atoms with van der Waals surface area (Å²) in [6.45, 7) is 3.82. The van der Waals surface area contributed by atoms with E-state index in [-0.39, 0.29) is 5.92 Å². The third-order valence-corrected chi connectivity index (χ3v) is 5.33. The fourth-order valence-electron chi connectivity index (χ4n) is 4.05. The summed E-state index contributed by atoms with van der Waals surface area (Å²) in [7, 11) is 3.93. The lowest BCUT2D eigenvalue weighted by Gasteiger charge is -2.33. The molecule has 0 bridgehead atoms. The molecule has 0 amide bonds. The number of aliphatic carboxylic acids is 1. The maximum Gasteiger partial charge on any atom is 0.324 e. The van der Waals surface area contributed by atoms with Crippen LogP contribution in [0.1, 0.15) is 38.5 Å². The summed E-state index contributed by atoms with van der Waals surface area (Å²) in [5.41, 5.74) is -0.700. The Morgan fingerprint density at radius 1 is 1.43 bits per heavy atom. The Balaban J connectivity index is 1.79. The fourth-order valence-corrected chi connectivity index (χ4v) is 4.05. The second-order valence-corrected chi connectivity index (χ2v) is 6.75. The average molecular weight is 298 g/mol. The first-order valence-electron chi connectivity index (χ1n) is 8.27. The molecule has 1 aliphatic heterocycles. The Morgan fingerprint density at radius 2 is 2.24 bits per heavy atom. The summed E-state index contributed by atoms with van der Waals surface area (Å²) in [5.74, 6) is 0.196. The van der Waals surface area contributed by atoms with Gasteiger partial charge in [-0.3, -0.25) is 4.79 Å². The highest BCUT2D eigenvalue weighted by Crippen LogP contribution is 2.38. The van der Waals surface area contributed by atoms with Crippen molar-refractivity contribution in [2.24, 2.45) is 11.8 Å². The topological polar surface area (TPSA) is 61.8 Å². The SMILES string of the molecule is CNC1(C(=O)O)CCCC1CCN(C)CC1CCCOC1. The van der Waals surface area contributed by atoms with Crippen molar-refractivity contribution in [3.63, 3.8) is 0 Å². The van der Waals surface area contributed by atoms with E-state index in [4.69, 9.17) is 4.74 Å². The number of carboxylic acids is 1. The van der Waals surface area contributed by atoms with Gasteiger partial charge >= 0.3 is 5.97 Å². The molecule has 5 heteroatoms. The number of carbonyl (C=O) groups is 1. The van der Waals surface area contributed by atoms with Crippen LogP contribution in [-0.2, 0) is 9.53 Å². The number of hydrogen-bond donors (Lipinski definition) is 2. The monoisotopic (exact) mass is 298 g/mol. The van der Waals surface area contributed by atoms with Gasteiger partial charge in [-0.05, 0) is 64.6 Å². The van der Waals surface area contributed by atoms with Crippen molar-refractivity contribution in [3.8, 4) is 0 Å². The van der Waals surface area contributed by atoms with Gasteiger partial charge in [0.2, 0.25) is 0 Å². The van der Waals surface area contributed by atoms with Gasteiger partial charge in [0, 0.05) is 13.2 Å². The minimum absolute atomic E-state index is 0.241. The number of rotatable bonds is 7. The number of carboxylic acid groups (broad SMARTS) is 1. The second-order valence-electron chi connectivity index (χ2n) is 6.75. The molecule has 2 aliphatic rings. The third-order valence-electron chi connectivity index (χ3n) is 5.33. The summed E-state index contributed by atoms with van der Waals surface area (Å²) in [6.07, 6.45) is 6.17. The number of hydrogen-bond acceptors (Lipinski definition) is 4. The van der Waals surface area contributed by atoms with E-state index < -0.39 is 11.5 Å². The van der Waals surface area contributed by atoms with E-state index in [1.54, 1.807) is 7.05 Å². The number of nitrogens with one attached hydrogen (secondary N) is 1. The molecule has 122 valence electrons. The van der Waals surface area contributed by atoms with Crippen LogP contribution in [0.4, 0.5) is 0 Å². The Bertz CT molecular complexity index is 344. The lowest BCUT2D eigenvalue weighted by atomic mass is 9.84. The van der Waals surface area contributed by atoms with Crippen LogP contribution in [-0.4, -0.2) is 61.9 Å². The first-order valence-corrected chi connectivity index (χ1v) is 8.27. The molecule has 0 spiro atoms. The van der Waals surface area contributed by atoms with Crippen LogP contribution < -0.4 is 5.32 Å². The summed E-state index contributed by atoms with van der Waals surface area (Å²) < 4.78 is 5.53. The van der Waals surface area contributed by atoms with Gasteiger partial charge in [0.1, 0.15) is 5.54 Å². The molecule has 1 saturated carbocycles. The molecule has 2 fully saturated rings. The standard InChI is InChI=1S/C16H30N2O3/c1-17-16(15(19)20)8-3-6-14(16)7-9-18(2)11-13-5-4-10-21-12-13/h13-14,17H,3-12H2,1-2H3,(H,19,20). The maximum absolute atomic E-state index is 11.6. The predicted octanol–water partition coefficient (Wildman–Crippen LogP) is 1.58. The molecule has 3 unspecified atom stereocenters. The summed E-state index contributed by atoms with van der Waals surface area (Å²) >= 11 is 0. The van der Waals surface area contributed by atoms with Gasteiger partial charge in [-0.1, -0.05) is 6.42 Å². The minimum atomic E-state index is -0.700. The summed E-state index contributed by atoms with van der Waals surface area (Å²) in [6, 6.07) is 0. The van der Waals surface area contributed by atoms with E-state index in [9.17, 15) is 9.90 Å². The molecular weight excluding hydrogens is 268 g/mol. The molecule has 1 saturated heterocycles. The summed E-state index contributed by atoms with van der Waals surface area (Å²) in [5, 5.41) is 12.7. The molecule has 3 atom stereocenters. The van der Waals surface area contributed by atoms with Crippen LogP contribution in [0.5, 0.6) is 0 Å². The van der Waals surface area contributed by atoms with Crippen molar-refractivity contribution in [1.29, 1.82) is 0 Å². The van der Waals surface area contributed by atoms with Gasteiger partial charge in [-0.25, -0.2) is 0 Å². The highest BCUT2D eigenvalue weighted by atomic mass is 16.5. The quantitative estimate of drug-likeness (QED) is 0.747. The average Bonchev–Trinajstić information content (AvgIpc) is 2.90. The normalized spacial score (nSPS) is 33.5. The lowest BCUT2D eigenvalue weighted by molar-refractivity contribution is -0.146. The van der Waals surface area contributed by atoms with Gasteiger partial charge in [0.05, 0.1) is 6.61 Å². The van der Waals surface area contributed by atoms with Crippen LogP contribution in [0, 0.1) is 11.8 Å². The van der Waals surface area contributed by atoms with E-state index in [2.05, 4.69) is 17.3 Å². The highest BCUT2D eigenvalue weighted by Gasteiger charge is 2.47. The van der Waals surface area contributed by atoms with Crippen molar-refractivity contribution < 1.29 is 14.6 Å². The Labute approximate surface area is 128 Å². The summed E-state index contributed by atoms with van der Waals surface area (Å²) in [4.78, 5) is 14.0. The lowest BCUT2D eigenvalue weighted by Crippen LogP contribution is -2.53. The second kappa shape index (κ2) is 7.56. The van der Waals surface area contributed by atoms with E-state index >= 15 is 0 Å². The van der Waals surface area contributed by atoms with Gasteiger partial charge in [0.25, 0.3) is 0 Å². The number of likely N-dealkylation sites (N-methyl/N-ethyl adjacent to an activating group) is 1. The van der Waals surface area contributed by atoms with Crippen molar-refractivity contribution in [3.05, 3.63) is 0 Å². The molecule has 0 aromatic heterocycles. The van der Waals surface area contributed by atoms with Gasteiger partial charge in [0.15, 0.2) is 0 Å². The molecule has 1 aliphatic carbocycles. The molecule has 2 N–H and O–H groups in total. The van der Waals surface area contributed by atoms with E-state index in [1.165, 1.54) is 12.8 Å². The van der Waals surface area contributed by atoms with Gasteiger partial charge in [-0.15, -0.1) is 0 Å². The molecule has 0 radical (unpaired) electrons.